The molecule has 12 heavy (non-hydrogen) atoms. The van der Waals surface area contributed by atoms with Gasteiger partial charge in [-0.1, -0.05) is 13.8 Å². The normalized spacial score (nSPS) is 51.3. The van der Waals surface area contributed by atoms with Crippen molar-refractivity contribution in [2.24, 2.45) is 29.6 Å². The van der Waals surface area contributed by atoms with Crippen LogP contribution in [0.3, 0.4) is 0 Å². The van der Waals surface area contributed by atoms with Crippen LogP contribution < -0.4 is 0 Å². The maximum atomic E-state index is 10.9. The summed E-state index contributed by atoms with van der Waals surface area (Å²) < 4.78 is 0. The number of rotatable bonds is 1. The lowest BCUT2D eigenvalue weighted by molar-refractivity contribution is -0.146. The first-order chi connectivity index (χ1) is 5.61. The molecule has 0 spiro atoms. The van der Waals surface area contributed by atoms with Crippen molar-refractivity contribution in [2.45, 2.75) is 26.7 Å². The van der Waals surface area contributed by atoms with Crippen molar-refractivity contribution in [2.75, 3.05) is 0 Å². The summed E-state index contributed by atoms with van der Waals surface area (Å²) in [5.74, 6) is 1.63. The molecule has 1 N–H and O–H groups in total. The van der Waals surface area contributed by atoms with Crippen molar-refractivity contribution in [1.29, 1.82) is 0 Å². The van der Waals surface area contributed by atoms with E-state index in [2.05, 4.69) is 13.8 Å². The van der Waals surface area contributed by atoms with E-state index in [1.54, 1.807) is 0 Å². The van der Waals surface area contributed by atoms with Gasteiger partial charge in [-0.25, -0.2) is 0 Å². The van der Waals surface area contributed by atoms with Crippen molar-refractivity contribution in [1.82, 2.24) is 0 Å². The number of carbonyl (C=O) groups is 1. The van der Waals surface area contributed by atoms with E-state index in [1.807, 2.05) is 0 Å². The molecule has 2 heteroatoms. The Bertz CT molecular complexity index is 212. The van der Waals surface area contributed by atoms with Gasteiger partial charge in [0, 0.05) is 0 Å². The Hall–Kier alpha value is -0.530. The summed E-state index contributed by atoms with van der Waals surface area (Å²) in [6, 6.07) is 0. The fraction of sp³-hybridized carbons (Fsp3) is 0.900. The molecule has 68 valence electrons. The van der Waals surface area contributed by atoms with E-state index in [-0.39, 0.29) is 5.92 Å². The van der Waals surface area contributed by atoms with E-state index >= 15 is 0 Å². The lowest BCUT2D eigenvalue weighted by Gasteiger charge is -2.29. The molecule has 5 unspecified atom stereocenters. The van der Waals surface area contributed by atoms with E-state index in [0.29, 0.717) is 23.7 Å². The molecular formula is C10H16O2. The number of carboxylic acid groups (broad SMARTS) is 1. The third-order valence-corrected chi connectivity index (χ3v) is 4.04. The summed E-state index contributed by atoms with van der Waals surface area (Å²) in [4.78, 5) is 10.9. The highest BCUT2D eigenvalue weighted by atomic mass is 16.4. The van der Waals surface area contributed by atoms with Crippen LogP contribution in [0, 0.1) is 29.6 Å². The van der Waals surface area contributed by atoms with Gasteiger partial charge in [0.15, 0.2) is 0 Å². The maximum Gasteiger partial charge on any atom is 0.307 e. The highest BCUT2D eigenvalue weighted by Gasteiger charge is 2.51. The Labute approximate surface area is 73.0 Å². The number of carboxylic acids is 1. The quantitative estimate of drug-likeness (QED) is 0.650. The molecular weight excluding hydrogens is 152 g/mol. The Balaban J connectivity index is 2.20. The van der Waals surface area contributed by atoms with Crippen LogP contribution in [-0.4, -0.2) is 11.1 Å². The third kappa shape index (κ3) is 0.900. The van der Waals surface area contributed by atoms with Gasteiger partial charge in [-0.3, -0.25) is 4.79 Å². The highest BCUT2D eigenvalue weighted by molar-refractivity contribution is 5.71. The van der Waals surface area contributed by atoms with Gasteiger partial charge < -0.3 is 5.11 Å². The van der Waals surface area contributed by atoms with Crippen molar-refractivity contribution in [3.05, 3.63) is 0 Å². The zero-order valence-electron chi connectivity index (χ0n) is 7.66. The minimum absolute atomic E-state index is 0.0428. The van der Waals surface area contributed by atoms with Crippen molar-refractivity contribution in [3.8, 4) is 0 Å². The molecule has 0 radical (unpaired) electrons. The Kier molecular flexibility index (Phi) is 1.67. The second-order valence-corrected chi connectivity index (χ2v) is 4.60. The van der Waals surface area contributed by atoms with E-state index in [9.17, 15) is 4.79 Å². The Morgan fingerprint density at radius 2 is 2.00 bits per heavy atom. The summed E-state index contributed by atoms with van der Waals surface area (Å²) in [7, 11) is 0. The van der Waals surface area contributed by atoms with Gasteiger partial charge in [0.2, 0.25) is 0 Å². The maximum absolute atomic E-state index is 10.9. The van der Waals surface area contributed by atoms with Gasteiger partial charge in [0.25, 0.3) is 0 Å². The molecule has 0 aromatic rings. The van der Waals surface area contributed by atoms with Crippen molar-refractivity contribution in [3.63, 3.8) is 0 Å². The minimum Gasteiger partial charge on any atom is -0.481 e. The lowest BCUT2D eigenvalue weighted by atomic mass is 9.75. The van der Waals surface area contributed by atoms with Crippen LogP contribution in [0.1, 0.15) is 26.7 Å². The molecule has 0 aromatic carbocycles. The molecule has 5 atom stereocenters. The van der Waals surface area contributed by atoms with Gasteiger partial charge >= 0.3 is 5.97 Å². The number of aliphatic carboxylic acids is 1. The smallest absolute Gasteiger partial charge is 0.307 e. The summed E-state index contributed by atoms with van der Waals surface area (Å²) in [6.07, 6.45) is 2.43. The molecule has 2 rings (SSSR count). The van der Waals surface area contributed by atoms with Gasteiger partial charge in [0.1, 0.15) is 0 Å². The number of fused-ring (bicyclic) bond motifs is 2. The largest absolute Gasteiger partial charge is 0.481 e. The third-order valence-electron chi connectivity index (χ3n) is 4.04. The summed E-state index contributed by atoms with van der Waals surface area (Å²) >= 11 is 0. The molecule has 0 amide bonds. The molecule has 2 saturated carbocycles. The molecule has 2 aliphatic rings. The van der Waals surface area contributed by atoms with Crippen molar-refractivity contribution < 1.29 is 9.90 Å². The fourth-order valence-corrected chi connectivity index (χ4v) is 3.35. The fourth-order valence-electron chi connectivity index (χ4n) is 3.35. The van der Waals surface area contributed by atoms with Crippen LogP contribution in [0.5, 0.6) is 0 Å². The van der Waals surface area contributed by atoms with Gasteiger partial charge in [-0.2, -0.15) is 0 Å². The van der Waals surface area contributed by atoms with E-state index in [1.165, 1.54) is 12.8 Å². The molecule has 2 aliphatic carbocycles. The van der Waals surface area contributed by atoms with E-state index < -0.39 is 5.97 Å². The molecule has 0 aromatic heterocycles. The first-order valence-corrected chi connectivity index (χ1v) is 4.84. The number of hydrogen-bond donors (Lipinski definition) is 1. The monoisotopic (exact) mass is 168 g/mol. The molecule has 2 fully saturated rings. The SMILES string of the molecule is CC1CC2CC1C(C(=O)O)C2C. The van der Waals surface area contributed by atoms with Crippen LogP contribution in [0.25, 0.3) is 0 Å². The second kappa shape index (κ2) is 2.48. The highest BCUT2D eigenvalue weighted by Crippen LogP contribution is 2.54. The Morgan fingerprint density at radius 1 is 1.33 bits per heavy atom. The van der Waals surface area contributed by atoms with Crippen LogP contribution in [0.15, 0.2) is 0 Å². The van der Waals surface area contributed by atoms with E-state index in [0.717, 1.165) is 0 Å². The average Bonchev–Trinajstić information content (AvgIpc) is 2.44. The van der Waals surface area contributed by atoms with Crippen LogP contribution >= 0.6 is 0 Å². The molecule has 0 saturated heterocycles. The molecule has 2 bridgehead atoms. The van der Waals surface area contributed by atoms with Crippen LogP contribution in [0.2, 0.25) is 0 Å². The predicted molar refractivity (Wildman–Crippen MR) is 45.7 cm³/mol. The number of hydrogen-bond acceptors (Lipinski definition) is 1. The lowest BCUT2D eigenvalue weighted by Crippen LogP contribution is -2.31. The standard InChI is InChI=1S/C10H16O2/c1-5-3-7-4-8(5)9(6(7)2)10(11)12/h5-9H,3-4H2,1-2H3,(H,11,12). The second-order valence-electron chi connectivity index (χ2n) is 4.60. The topological polar surface area (TPSA) is 37.3 Å². The van der Waals surface area contributed by atoms with Gasteiger partial charge in [-0.05, 0) is 36.5 Å². The van der Waals surface area contributed by atoms with Crippen molar-refractivity contribution >= 4 is 5.97 Å². The van der Waals surface area contributed by atoms with Crippen LogP contribution in [0.4, 0.5) is 0 Å². The van der Waals surface area contributed by atoms with E-state index in [4.69, 9.17) is 5.11 Å². The Morgan fingerprint density at radius 3 is 2.42 bits per heavy atom. The summed E-state index contributed by atoms with van der Waals surface area (Å²) in [5.41, 5.74) is 0. The average molecular weight is 168 g/mol. The molecule has 0 heterocycles. The van der Waals surface area contributed by atoms with Gasteiger partial charge in [-0.15, -0.1) is 0 Å². The molecule has 0 aliphatic heterocycles. The zero-order chi connectivity index (χ0) is 8.88. The molecule has 2 nitrogen and oxygen atoms in total. The zero-order valence-corrected chi connectivity index (χ0v) is 7.66. The predicted octanol–water partition coefficient (Wildman–Crippen LogP) is 2.00. The first-order valence-electron chi connectivity index (χ1n) is 4.84. The first kappa shape index (κ1) is 8.09. The van der Waals surface area contributed by atoms with Gasteiger partial charge in [0.05, 0.1) is 5.92 Å². The van der Waals surface area contributed by atoms with Crippen LogP contribution in [-0.2, 0) is 4.79 Å². The summed E-state index contributed by atoms with van der Waals surface area (Å²) in [6.45, 7) is 4.31. The summed E-state index contributed by atoms with van der Waals surface area (Å²) in [5, 5.41) is 9.02. The minimum atomic E-state index is -0.568.